The van der Waals surface area contributed by atoms with Crippen LogP contribution in [0.4, 0.5) is 4.79 Å². The number of unbranched alkanes of at least 4 members (excludes halogenated alkanes) is 2. The van der Waals surface area contributed by atoms with E-state index in [2.05, 4.69) is 25.4 Å². The average molecular weight is 406 g/mol. The van der Waals surface area contributed by atoms with Crippen molar-refractivity contribution >= 4 is 17.9 Å². The van der Waals surface area contributed by atoms with Crippen molar-refractivity contribution in [3.63, 3.8) is 0 Å². The predicted molar refractivity (Wildman–Crippen MR) is 112 cm³/mol. The van der Waals surface area contributed by atoms with Crippen LogP contribution in [0, 0.1) is 11.8 Å². The maximum absolute atomic E-state index is 13.1. The van der Waals surface area contributed by atoms with Gasteiger partial charge in [-0.2, -0.15) is 0 Å². The van der Waals surface area contributed by atoms with Gasteiger partial charge >= 0.3 is 12.0 Å². The first-order valence-electron chi connectivity index (χ1n) is 10.5. The van der Waals surface area contributed by atoms with E-state index in [4.69, 9.17) is 4.74 Å². The quantitative estimate of drug-likeness (QED) is 0.363. The van der Waals surface area contributed by atoms with Gasteiger partial charge < -0.3 is 19.9 Å². The first kappa shape index (κ1) is 23.0. The number of methoxy groups -OCH3 is 1. The number of piperidine rings is 1. The molecular weight excluding hydrogens is 370 g/mol. The molecule has 162 valence electrons. The van der Waals surface area contributed by atoms with E-state index in [1.54, 1.807) is 22.9 Å². The Hall–Kier alpha value is -2.31. The van der Waals surface area contributed by atoms with E-state index in [1.165, 1.54) is 7.11 Å². The Labute approximate surface area is 174 Å². The molecule has 7 heteroatoms. The zero-order valence-electron chi connectivity index (χ0n) is 18.0. The van der Waals surface area contributed by atoms with Crippen molar-refractivity contribution < 1.29 is 19.1 Å². The molecule has 1 N–H and O–H groups in total. The number of hydrogen-bond acceptors (Lipinski definition) is 4. The molecule has 3 amide bonds. The molecule has 29 heavy (non-hydrogen) atoms. The molecule has 0 radical (unpaired) electrons. The second kappa shape index (κ2) is 9.94. The van der Waals surface area contributed by atoms with E-state index in [9.17, 15) is 14.4 Å². The van der Waals surface area contributed by atoms with Gasteiger partial charge in [-0.25, -0.2) is 9.59 Å². The van der Waals surface area contributed by atoms with Gasteiger partial charge in [0.25, 0.3) is 0 Å². The van der Waals surface area contributed by atoms with Crippen LogP contribution in [0.3, 0.4) is 0 Å². The van der Waals surface area contributed by atoms with Crippen LogP contribution in [-0.4, -0.2) is 66.5 Å². The van der Waals surface area contributed by atoms with E-state index in [0.717, 1.165) is 25.7 Å². The third-order valence-electron chi connectivity index (χ3n) is 6.09. The molecule has 1 saturated heterocycles. The summed E-state index contributed by atoms with van der Waals surface area (Å²) in [5.74, 6) is -0.565. The maximum atomic E-state index is 13.1. The number of nitrogens with zero attached hydrogens (tertiary/aromatic N) is 2. The lowest BCUT2D eigenvalue weighted by Gasteiger charge is -2.40. The van der Waals surface area contributed by atoms with Gasteiger partial charge in [-0.3, -0.25) is 4.79 Å². The van der Waals surface area contributed by atoms with E-state index >= 15 is 0 Å². The van der Waals surface area contributed by atoms with Crippen LogP contribution < -0.4 is 5.32 Å². The summed E-state index contributed by atoms with van der Waals surface area (Å²) in [5, 5.41) is 2.88. The summed E-state index contributed by atoms with van der Waals surface area (Å²) in [6.07, 6.45) is 8.26. The smallest absolute Gasteiger partial charge is 0.332 e. The highest BCUT2D eigenvalue weighted by atomic mass is 16.5. The Morgan fingerprint density at radius 3 is 2.62 bits per heavy atom. The highest BCUT2D eigenvalue weighted by Gasteiger charge is 2.61. The van der Waals surface area contributed by atoms with Crippen LogP contribution in [0.1, 0.15) is 45.4 Å². The monoisotopic (exact) mass is 405 g/mol. The van der Waals surface area contributed by atoms with Crippen LogP contribution in [-0.2, 0) is 14.3 Å². The number of urea groups is 1. The summed E-state index contributed by atoms with van der Waals surface area (Å²) in [6, 6.07) is -0.728. The van der Waals surface area contributed by atoms with Crippen molar-refractivity contribution in [2.45, 2.75) is 57.0 Å². The Balaban J connectivity index is 2.07. The van der Waals surface area contributed by atoms with Crippen LogP contribution in [0.15, 0.2) is 25.3 Å². The number of nitrogens with one attached hydrogen (secondary N) is 1. The van der Waals surface area contributed by atoms with Gasteiger partial charge in [0.05, 0.1) is 7.11 Å². The topological polar surface area (TPSA) is 79.0 Å². The standard InChI is InChI=1S/C22H35N3O4/c1-6-8-9-10-12-24(4)21(28)25-13-11-16(3)14-18(25)19(26)23-22(20(27)29-5)15-17(22)7-2/h6-7,16-18H,1-2,8-15H2,3-5H3,(H,23,26)/t16-,17-,18+,22-/m1/s1. The minimum atomic E-state index is -1.04. The zero-order valence-corrected chi connectivity index (χ0v) is 18.0. The molecule has 4 atom stereocenters. The first-order chi connectivity index (χ1) is 13.8. The van der Waals surface area contributed by atoms with Gasteiger partial charge in [-0.1, -0.05) is 19.1 Å². The van der Waals surface area contributed by atoms with Gasteiger partial charge in [-0.15, -0.1) is 13.2 Å². The second-order valence-corrected chi connectivity index (χ2v) is 8.33. The largest absolute Gasteiger partial charge is 0.467 e. The fourth-order valence-corrected chi connectivity index (χ4v) is 4.06. The van der Waals surface area contributed by atoms with Gasteiger partial charge in [0.1, 0.15) is 11.6 Å². The molecule has 0 bridgehead atoms. The molecule has 2 aliphatic rings. The number of rotatable bonds is 9. The number of hydrogen-bond donors (Lipinski definition) is 1. The SMILES string of the molecule is C=CCCCCN(C)C(=O)N1CC[C@@H](C)C[C@H]1C(=O)N[C@]1(C(=O)OC)C[C@H]1C=C. The van der Waals surface area contributed by atoms with Gasteiger partial charge in [0.2, 0.25) is 5.91 Å². The number of allylic oxidation sites excluding steroid dienone is 1. The molecule has 1 saturated carbocycles. The summed E-state index contributed by atoms with van der Waals surface area (Å²) < 4.78 is 4.90. The van der Waals surface area contributed by atoms with Gasteiger partial charge in [0.15, 0.2) is 0 Å². The molecule has 2 fully saturated rings. The number of likely N-dealkylation sites (tertiary alicyclic amines) is 1. The third-order valence-corrected chi connectivity index (χ3v) is 6.09. The van der Waals surface area contributed by atoms with Crippen molar-refractivity contribution in [1.29, 1.82) is 0 Å². The van der Waals surface area contributed by atoms with E-state index in [-0.39, 0.29) is 17.9 Å². The molecule has 0 aromatic rings. The van der Waals surface area contributed by atoms with Crippen LogP contribution in [0.2, 0.25) is 0 Å². The number of carbonyl (C=O) groups is 3. The molecule has 0 aromatic carbocycles. The van der Waals surface area contributed by atoms with Crippen LogP contribution in [0.5, 0.6) is 0 Å². The molecule has 0 unspecified atom stereocenters. The van der Waals surface area contributed by atoms with Crippen molar-refractivity contribution in [1.82, 2.24) is 15.1 Å². The summed E-state index contributed by atoms with van der Waals surface area (Å²) in [5.41, 5.74) is -1.04. The van der Waals surface area contributed by atoms with Crippen molar-refractivity contribution in [3.8, 4) is 0 Å². The minimum Gasteiger partial charge on any atom is -0.467 e. The normalized spacial score (nSPS) is 28.2. The van der Waals surface area contributed by atoms with Crippen molar-refractivity contribution in [2.75, 3.05) is 27.2 Å². The van der Waals surface area contributed by atoms with Crippen molar-refractivity contribution in [3.05, 3.63) is 25.3 Å². The Morgan fingerprint density at radius 1 is 1.31 bits per heavy atom. The Bertz CT molecular complexity index is 650. The van der Waals surface area contributed by atoms with Crippen molar-refractivity contribution in [2.24, 2.45) is 11.8 Å². The van der Waals surface area contributed by atoms with E-state index < -0.39 is 17.6 Å². The summed E-state index contributed by atoms with van der Waals surface area (Å²) in [6.45, 7) is 10.7. The number of amides is 3. The average Bonchev–Trinajstić information content (AvgIpc) is 3.43. The fourth-order valence-electron chi connectivity index (χ4n) is 4.06. The van der Waals surface area contributed by atoms with Crippen LogP contribution in [0.25, 0.3) is 0 Å². The van der Waals surface area contributed by atoms with Crippen LogP contribution >= 0.6 is 0 Å². The fraction of sp³-hybridized carbons (Fsp3) is 0.682. The lowest BCUT2D eigenvalue weighted by Crippen LogP contribution is -2.59. The number of esters is 1. The molecule has 7 nitrogen and oxygen atoms in total. The third kappa shape index (κ3) is 5.19. The van der Waals surface area contributed by atoms with Gasteiger partial charge in [-0.05, 0) is 44.4 Å². The minimum absolute atomic E-state index is 0.140. The molecule has 2 rings (SSSR count). The lowest BCUT2D eigenvalue weighted by atomic mass is 9.91. The Kier molecular flexibility index (Phi) is 7.88. The van der Waals surface area contributed by atoms with Gasteiger partial charge in [0, 0.05) is 26.1 Å². The Morgan fingerprint density at radius 2 is 2.03 bits per heavy atom. The highest BCUT2D eigenvalue weighted by Crippen LogP contribution is 2.45. The number of ether oxygens (including phenoxy) is 1. The summed E-state index contributed by atoms with van der Waals surface area (Å²) >= 11 is 0. The summed E-state index contributed by atoms with van der Waals surface area (Å²) in [4.78, 5) is 41.8. The maximum Gasteiger partial charge on any atom is 0.332 e. The first-order valence-corrected chi connectivity index (χ1v) is 10.5. The molecule has 1 aliphatic carbocycles. The molecule has 0 aromatic heterocycles. The predicted octanol–water partition coefficient (Wildman–Crippen LogP) is 2.73. The molecule has 1 aliphatic heterocycles. The van der Waals surface area contributed by atoms with E-state index in [1.807, 2.05) is 6.08 Å². The lowest BCUT2D eigenvalue weighted by molar-refractivity contribution is -0.147. The molecule has 0 spiro atoms. The summed E-state index contributed by atoms with van der Waals surface area (Å²) in [7, 11) is 3.09. The molecule has 1 heterocycles. The van der Waals surface area contributed by atoms with E-state index in [0.29, 0.717) is 31.8 Å². The number of carbonyl (C=O) groups excluding carboxylic acids is 3. The molecular formula is C22H35N3O4. The second-order valence-electron chi connectivity index (χ2n) is 8.33. The highest BCUT2D eigenvalue weighted by molar-refractivity contribution is 5.95. The zero-order chi connectivity index (χ0) is 21.6.